The molecule has 0 bridgehead atoms. The lowest BCUT2D eigenvalue weighted by Crippen LogP contribution is -2.14. The summed E-state index contributed by atoms with van der Waals surface area (Å²) in [6.07, 6.45) is 7.95. The molecule has 3 rings (SSSR count). The van der Waals surface area contributed by atoms with Crippen LogP contribution in [-0.4, -0.2) is 16.6 Å². The van der Waals surface area contributed by atoms with Gasteiger partial charge in [-0.15, -0.1) is 0 Å². The van der Waals surface area contributed by atoms with E-state index in [2.05, 4.69) is 30.7 Å². The van der Waals surface area contributed by atoms with Gasteiger partial charge < -0.3 is 10.1 Å². The highest BCUT2D eigenvalue weighted by Gasteiger charge is 2.20. The molecule has 0 fully saturated rings. The number of nitrogens with zero attached hydrogens (tertiary/aromatic N) is 2. The minimum Gasteiger partial charge on any atom is -0.488 e. The van der Waals surface area contributed by atoms with Crippen molar-refractivity contribution in [3.63, 3.8) is 0 Å². The molecule has 2 aromatic rings. The molecule has 1 aliphatic rings. The highest BCUT2D eigenvalue weighted by atomic mass is 16.5. The van der Waals surface area contributed by atoms with Crippen LogP contribution in [0.25, 0.3) is 11.4 Å². The Morgan fingerprint density at radius 1 is 1.14 bits per heavy atom. The first-order chi connectivity index (χ1) is 13.5. The molecular formula is C24H33N3O. The van der Waals surface area contributed by atoms with E-state index in [-0.39, 0.29) is 0 Å². The number of hydrogen-bond acceptors (Lipinski definition) is 4. The number of hydrogen-bond donors (Lipinski definition) is 1. The Labute approximate surface area is 169 Å². The molecule has 1 aromatic heterocycles. The van der Waals surface area contributed by atoms with E-state index in [9.17, 15) is 0 Å². The van der Waals surface area contributed by atoms with Gasteiger partial charge in [-0.3, -0.25) is 0 Å². The summed E-state index contributed by atoms with van der Waals surface area (Å²) in [6.45, 7) is 13.2. The first kappa shape index (κ1) is 21.7. The van der Waals surface area contributed by atoms with Gasteiger partial charge in [0.25, 0.3) is 0 Å². The summed E-state index contributed by atoms with van der Waals surface area (Å²) in [4.78, 5) is 9.36. The van der Waals surface area contributed by atoms with Gasteiger partial charge in [-0.2, -0.15) is 0 Å². The summed E-state index contributed by atoms with van der Waals surface area (Å²) in [5.74, 6) is 2.15. The standard InChI is InChI=1S/C19H21N3O.C5H12/c1-13(2)12-14(3)20-19-17-16(10-7-11-23-17)21-18(22-19)15-8-5-4-6-9-15;1-3-5-4-2/h4-6,8-9,12H,3,7,10-11H2,1-2H3,(H,20,21,22);3-5H2,1-2H3. The first-order valence-electron chi connectivity index (χ1n) is 10.2. The van der Waals surface area contributed by atoms with Gasteiger partial charge in [0.05, 0.1) is 12.3 Å². The summed E-state index contributed by atoms with van der Waals surface area (Å²) in [5, 5.41) is 3.26. The van der Waals surface area contributed by atoms with Crippen LogP contribution in [0.4, 0.5) is 5.82 Å². The Balaban J connectivity index is 0.000000500. The third-order valence-electron chi connectivity index (χ3n) is 4.22. The smallest absolute Gasteiger partial charge is 0.183 e. The van der Waals surface area contributed by atoms with Crippen LogP contribution in [0.15, 0.2) is 54.3 Å². The largest absolute Gasteiger partial charge is 0.488 e. The van der Waals surface area contributed by atoms with Crippen LogP contribution in [0, 0.1) is 0 Å². The number of aryl methyl sites for hydroxylation is 1. The van der Waals surface area contributed by atoms with Crippen molar-refractivity contribution in [3.8, 4) is 17.1 Å². The van der Waals surface area contributed by atoms with Crippen molar-refractivity contribution in [1.82, 2.24) is 9.97 Å². The topological polar surface area (TPSA) is 47.0 Å². The van der Waals surface area contributed by atoms with E-state index in [1.807, 2.05) is 50.3 Å². The highest BCUT2D eigenvalue weighted by Crippen LogP contribution is 2.33. The number of allylic oxidation sites excluding steroid dienone is 2. The van der Waals surface area contributed by atoms with E-state index in [1.54, 1.807) is 0 Å². The average Bonchev–Trinajstić information content (AvgIpc) is 2.69. The van der Waals surface area contributed by atoms with Gasteiger partial charge in [-0.25, -0.2) is 9.97 Å². The zero-order valence-corrected chi connectivity index (χ0v) is 17.7. The zero-order chi connectivity index (χ0) is 20.4. The fourth-order valence-electron chi connectivity index (χ4n) is 2.92. The number of benzene rings is 1. The van der Waals surface area contributed by atoms with Gasteiger partial charge in [0.1, 0.15) is 0 Å². The summed E-state index contributed by atoms with van der Waals surface area (Å²) in [5.41, 5.74) is 3.92. The molecule has 150 valence electrons. The van der Waals surface area contributed by atoms with E-state index in [1.165, 1.54) is 24.8 Å². The van der Waals surface area contributed by atoms with Gasteiger partial charge >= 0.3 is 0 Å². The van der Waals surface area contributed by atoms with Gasteiger partial charge in [0, 0.05) is 11.3 Å². The SMILES string of the molecule is C=C(C=C(C)C)Nc1nc(-c2ccccc2)nc2c1OCCC2.CCCCC. The Morgan fingerprint density at radius 3 is 2.46 bits per heavy atom. The molecule has 4 nitrogen and oxygen atoms in total. The first-order valence-corrected chi connectivity index (χ1v) is 10.2. The van der Waals surface area contributed by atoms with E-state index in [4.69, 9.17) is 9.72 Å². The lowest BCUT2D eigenvalue weighted by molar-refractivity contribution is 0.285. The number of aromatic nitrogens is 2. The van der Waals surface area contributed by atoms with Crippen LogP contribution in [0.2, 0.25) is 0 Å². The number of anilines is 1. The minimum atomic E-state index is 0.691. The van der Waals surface area contributed by atoms with Crippen LogP contribution < -0.4 is 10.1 Å². The Hall–Kier alpha value is -2.62. The number of ether oxygens (including phenoxy) is 1. The normalized spacial score (nSPS) is 12.0. The number of unbranched alkanes of at least 4 members (excludes halogenated alkanes) is 2. The molecule has 28 heavy (non-hydrogen) atoms. The van der Waals surface area contributed by atoms with Crippen LogP contribution in [0.3, 0.4) is 0 Å². The molecule has 0 radical (unpaired) electrons. The molecule has 1 aliphatic heterocycles. The molecule has 0 unspecified atom stereocenters. The van der Waals surface area contributed by atoms with Crippen molar-refractivity contribution in [1.29, 1.82) is 0 Å². The van der Waals surface area contributed by atoms with Gasteiger partial charge in [0.2, 0.25) is 0 Å². The summed E-state index contributed by atoms with van der Waals surface area (Å²) in [6, 6.07) is 9.99. The van der Waals surface area contributed by atoms with E-state index in [0.717, 1.165) is 35.5 Å². The van der Waals surface area contributed by atoms with Crippen molar-refractivity contribution < 1.29 is 4.74 Å². The van der Waals surface area contributed by atoms with Crippen LogP contribution in [0.1, 0.15) is 59.1 Å². The fraction of sp³-hybridized carbons (Fsp3) is 0.417. The molecule has 2 heterocycles. The van der Waals surface area contributed by atoms with Gasteiger partial charge in [-0.05, 0) is 32.8 Å². The maximum absolute atomic E-state index is 5.80. The van der Waals surface area contributed by atoms with Crippen LogP contribution >= 0.6 is 0 Å². The van der Waals surface area contributed by atoms with Crippen molar-refractivity contribution in [2.24, 2.45) is 0 Å². The quantitative estimate of drug-likeness (QED) is 0.578. The predicted octanol–water partition coefficient (Wildman–Crippen LogP) is 6.56. The summed E-state index contributed by atoms with van der Waals surface area (Å²) < 4.78 is 5.80. The van der Waals surface area contributed by atoms with Crippen molar-refractivity contribution >= 4 is 5.82 Å². The summed E-state index contributed by atoms with van der Waals surface area (Å²) >= 11 is 0. The third-order valence-corrected chi connectivity index (χ3v) is 4.22. The maximum Gasteiger partial charge on any atom is 0.183 e. The van der Waals surface area contributed by atoms with E-state index in [0.29, 0.717) is 18.2 Å². The zero-order valence-electron chi connectivity index (χ0n) is 17.7. The fourth-order valence-corrected chi connectivity index (χ4v) is 2.92. The van der Waals surface area contributed by atoms with Crippen molar-refractivity contribution in [3.05, 3.63) is 60.0 Å². The average molecular weight is 380 g/mol. The minimum absolute atomic E-state index is 0.691. The van der Waals surface area contributed by atoms with Gasteiger partial charge in [0.15, 0.2) is 17.4 Å². The van der Waals surface area contributed by atoms with Gasteiger partial charge in [-0.1, -0.05) is 75.6 Å². The Morgan fingerprint density at radius 2 is 1.86 bits per heavy atom. The second-order valence-electron chi connectivity index (χ2n) is 7.22. The van der Waals surface area contributed by atoms with Crippen LogP contribution in [-0.2, 0) is 6.42 Å². The summed E-state index contributed by atoms with van der Waals surface area (Å²) in [7, 11) is 0. The van der Waals surface area contributed by atoms with Crippen molar-refractivity contribution in [2.75, 3.05) is 11.9 Å². The predicted molar refractivity (Wildman–Crippen MR) is 119 cm³/mol. The Bertz CT molecular complexity index is 791. The molecule has 4 heteroatoms. The molecule has 0 saturated carbocycles. The molecular weight excluding hydrogens is 346 g/mol. The lowest BCUT2D eigenvalue weighted by Gasteiger charge is -2.20. The monoisotopic (exact) mass is 379 g/mol. The second-order valence-corrected chi connectivity index (χ2v) is 7.22. The number of rotatable bonds is 6. The molecule has 0 saturated heterocycles. The highest BCUT2D eigenvalue weighted by molar-refractivity contribution is 5.64. The Kier molecular flexibility index (Phi) is 8.73. The molecule has 0 aliphatic carbocycles. The molecule has 1 aromatic carbocycles. The molecule has 0 atom stereocenters. The second kappa shape index (κ2) is 11.3. The number of fused-ring (bicyclic) bond motifs is 1. The van der Waals surface area contributed by atoms with Crippen LogP contribution in [0.5, 0.6) is 5.75 Å². The van der Waals surface area contributed by atoms with E-state index < -0.39 is 0 Å². The third kappa shape index (κ3) is 6.52. The number of nitrogens with one attached hydrogen (secondary N) is 1. The van der Waals surface area contributed by atoms with E-state index >= 15 is 0 Å². The van der Waals surface area contributed by atoms with Crippen molar-refractivity contribution in [2.45, 2.75) is 59.8 Å². The molecule has 0 amide bonds. The molecule has 1 N–H and O–H groups in total. The maximum atomic E-state index is 5.80. The molecule has 0 spiro atoms. The lowest BCUT2D eigenvalue weighted by atomic mass is 10.1.